The molecule has 5 heteroatoms. The number of rotatable bonds is 5. The maximum atomic E-state index is 6.10. The second-order valence-electron chi connectivity index (χ2n) is 3.87. The molecule has 0 fully saturated rings. The van der Waals surface area contributed by atoms with E-state index in [0.29, 0.717) is 21.5 Å². The molecule has 2 aromatic rings. The van der Waals surface area contributed by atoms with Crippen LogP contribution in [0.1, 0.15) is 12.6 Å². The molecule has 1 heterocycles. The van der Waals surface area contributed by atoms with E-state index in [1.54, 1.807) is 12.1 Å². The van der Waals surface area contributed by atoms with Crippen molar-refractivity contribution >= 4 is 29.0 Å². The van der Waals surface area contributed by atoms with Crippen LogP contribution in [0.25, 0.3) is 0 Å². The predicted octanol–water partition coefficient (Wildman–Crippen LogP) is 4.40. The van der Waals surface area contributed by atoms with Crippen LogP contribution in [0.4, 0.5) is 5.82 Å². The Hall–Kier alpha value is -1.45. The van der Waals surface area contributed by atoms with E-state index in [0.717, 1.165) is 12.4 Å². The van der Waals surface area contributed by atoms with Crippen molar-refractivity contribution in [3.63, 3.8) is 0 Å². The quantitative estimate of drug-likeness (QED) is 0.888. The van der Waals surface area contributed by atoms with Gasteiger partial charge in [-0.15, -0.1) is 0 Å². The summed E-state index contributed by atoms with van der Waals surface area (Å²) < 4.78 is 5.63. The summed E-state index contributed by atoms with van der Waals surface area (Å²) in [6.45, 7) is 3.09. The van der Waals surface area contributed by atoms with Gasteiger partial charge >= 0.3 is 0 Å². The summed E-state index contributed by atoms with van der Waals surface area (Å²) in [5, 5.41) is 4.28. The standard InChI is InChI=1S/C14H14Cl2N2O/c1-2-17-14-8-7-10(15)12(18-14)9-19-13-6-4-3-5-11(13)16/h3-8H,2,9H2,1H3,(H,17,18). The minimum Gasteiger partial charge on any atom is -0.486 e. The first-order chi connectivity index (χ1) is 9.20. The second-order valence-corrected chi connectivity index (χ2v) is 4.69. The highest BCUT2D eigenvalue weighted by molar-refractivity contribution is 6.32. The molecule has 1 aromatic carbocycles. The van der Waals surface area contributed by atoms with Gasteiger partial charge in [0.05, 0.1) is 15.7 Å². The largest absolute Gasteiger partial charge is 0.486 e. The third kappa shape index (κ3) is 3.75. The summed E-state index contributed by atoms with van der Waals surface area (Å²) >= 11 is 12.1. The van der Waals surface area contributed by atoms with Gasteiger partial charge in [0, 0.05) is 6.54 Å². The molecule has 0 saturated heterocycles. The third-order valence-corrected chi connectivity index (χ3v) is 3.13. The first-order valence-electron chi connectivity index (χ1n) is 5.97. The summed E-state index contributed by atoms with van der Waals surface area (Å²) in [5.74, 6) is 1.40. The van der Waals surface area contributed by atoms with Crippen molar-refractivity contribution in [2.45, 2.75) is 13.5 Å². The number of ether oxygens (including phenoxy) is 1. The smallest absolute Gasteiger partial charge is 0.138 e. The van der Waals surface area contributed by atoms with E-state index >= 15 is 0 Å². The van der Waals surface area contributed by atoms with Crippen molar-refractivity contribution in [2.24, 2.45) is 0 Å². The lowest BCUT2D eigenvalue weighted by molar-refractivity contribution is 0.302. The summed E-state index contributed by atoms with van der Waals surface area (Å²) in [6.07, 6.45) is 0. The lowest BCUT2D eigenvalue weighted by Gasteiger charge is -2.10. The van der Waals surface area contributed by atoms with E-state index in [1.807, 2.05) is 31.2 Å². The lowest BCUT2D eigenvalue weighted by Crippen LogP contribution is -2.04. The van der Waals surface area contributed by atoms with E-state index in [-0.39, 0.29) is 6.61 Å². The van der Waals surface area contributed by atoms with Gasteiger partial charge in [-0.2, -0.15) is 0 Å². The van der Waals surface area contributed by atoms with Crippen molar-refractivity contribution in [1.29, 1.82) is 0 Å². The summed E-state index contributed by atoms with van der Waals surface area (Å²) in [6, 6.07) is 10.9. The van der Waals surface area contributed by atoms with Crippen LogP contribution < -0.4 is 10.1 Å². The van der Waals surface area contributed by atoms with Crippen LogP contribution in [-0.2, 0) is 6.61 Å². The van der Waals surface area contributed by atoms with Crippen molar-refractivity contribution in [1.82, 2.24) is 4.98 Å². The van der Waals surface area contributed by atoms with Gasteiger partial charge in [-0.1, -0.05) is 35.3 Å². The van der Waals surface area contributed by atoms with E-state index in [1.165, 1.54) is 0 Å². The van der Waals surface area contributed by atoms with Crippen molar-refractivity contribution in [3.05, 3.63) is 52.1 Å². The van der Waals surface area contributed by atoms with Crippen molar-refractivity contribution in [2.75, 3.05) is 11.9 Å². The molecule has 0 aliphatic heterocycles. The maximum Gasteiger partial charge on any atom is 0.138 e. The molecule has 0 aliphatic rings. The van der Waals surface area contributed by atoms with E-state index in [9.17, 15) is 0 Å². The van der Waals surface area contributed by atoms with Gasteiger partial charge in [-0.05, 0) is 31.2 Å². The number of halogens is 2. The zero-order valence-electron chi connectivity index (χ0n) is 10.5. The van der Waals surface area contributed by atoms with Gasteiger partial charge in [0.15, 0.2) is 0 Å². The number of nitrogens with one attached hydrogen (secondary N) is 1. The predicted molar refractivity (Wildman–Crippen MR) is 79.2 cm³/mol. The number of para-hydroxylation sites is 1. The molecule has 1 N–H and O–H groups in total. The van der Waals surface area contributed by atoms with Gasteiger partial charge in [0.2, 0.25) is 0 Å². The second kappa shape index (κ2) is 6.64. The molecule has 0 bridgehead atoms. The SMILES string of the molecule is CCNc1ccc(Cl)c(COc2ccccc2Cl)n1. The van der Waals surface area contributed by atoms with Gasteiger partial charge in [0.25, 0.3) is 0 Å². The topological polar surface area (TPSA) is 34.1 Å². The number of benzene rings is 1. The van der Waals surface area contributed by atoms with Crippen LogP contribution in [0.2, 0.25) is 10.0 Å². The van der Waals surface area contributed by atoms with Crippen LogP contribution in [-0.4, -0.2) is 11.5 Å². The van der Waals surface area contributed by atoms with Crippen LogP contribution in [0.3, 0.4) is 0 Å². The Morgan fingerprint density at radius 3 is 2.63 bits per heavy atom. The maximum absolute atomic E-state index is 6.10. The molecule has 0 spiro atoms. The average molecular weight is 297 g/mol. The molecule has 19 heavy (non-hydrogen) atoms. The number of hydrogen-bond donors (Lipinski definition) is 1. The Kier molecular flexibility index (Phi) is 4.88. The molecule has 100 valence electrons. The van der Waals surface area contributed by atoms with Crippen LogP contribution >= 0.6 is 23.2 Å². The Morgan fingerprint density at radius 1 is 1.11 bits per heavy atom. The fraction of sp³-hybridized carbons (Fsp3) is 0.214. The summed E-state index contributed by atoms with van der Waals surface area (Å²) in [5.41, 5.74) is 0.681. The molecule has 3 nitrogen and oxygen atoms in total. The highest BCUT2D eigenvalue weighted by Gasteiger charge is 2.06. The van der Waals surface area contributed by atoms with Gasteiger partial charge in [0.1, 0.15) is 18.2 Å². The minimum atomic E-state index is 0.280. The van der Waals surface area contributed by atoms with Crippen molar-refractivity contribution in [3.8, 4) is 5.75 Å². The van der Waals surface area contributed by atoms with Gasteiger partial charge in [-0.25, -0.2) is 4.98 Å². The molecule has 0 radical (unpaired) electrons. The van der Waals surface area contributed by atoms with Crippen LogP contribution in [0.5, 0.6) is 5.75 Å². The molecular weight excluding hydrogens is 283 g/mol. The third-order valence-electron chi connectivity index (χ3n) is 2.48. The lowest BCUT2D eigenvalue weighted by atomic mass is 10.3. The Morgan fingerprint density at radius 2 is 1.89 bits per heavy atom. The summed E-state index contributed by atoms with van der Waals surface area (Å²) in [7, 11) is 0. The zero-order valence-corrected chi connectivity index (χ0v) is 12.0. The monoisotopic (exact) mass is 296 g/mol. The van der Waals surface area contributed by atoms with Gasteiger partial charge in [-0.3, -0.25) is 0 Å². The summed E-state index contributed by atoms with van der Waals surface area (Å²) in [4.78, 5) is 4.40. The fourth-order valence-electron chi connectivity index (χ4n) is 1.57. The zero-order chi connectivity index (χ0) is 13.7. The number of nitrogens with zero attached hydrogens (tertiary/aromatic N) is 1. The van der Waals surface area contributed by atoms with E-state index in [2.05, 4.69) is 10.3 Å². The Bertz CT molecular complexity index is 561. The van der Waals surface area contributed by atoms with E-state index in [4.69, 9.17) is 27.9 Å². The molecule has 0 atom stereocenters. The highest BCUT2D eigenvalue weighted by atomic mass is 35.5. The first-order valence-corrected chi connectivity index (χ1v) is 6.73. The first kappa shape index (κ1) is 14.0. The van der Waals surface area contributed by atoms with Crippen LogP contribution in [0, 0.1) is 0 Å². The molecular formula is C14H14Cl2N2O. The average Bonchev–Trinajstić information content (AvgIpc) is 2.41. The number of anilines is 1. The fourth-order valence-corrected chi connectivity index (χ4v) is 1.92. The molecule has 0 aliphatic carbocycles. The van der Waals surface area contributed by atoms with Crippen LogP contribution in [0.15, 0.2) is 36.4 Å². The molecule has 2 rings (SSSR count). The molecule has 0 amide bonds. The molecule has 1 aromatic heterocycles. The Labute approximate surface area is 122 Å². The number of hydrogen-bond acceptors (Lipinski definition) is 3. The van der Waals surface area contributed by atoms with Gasteiger partial charge < -0.3 is 10.1 Å². The van der Waals surface area contributed by atoms with Crippen molar-refractivity contribution < 1.29 is 4.74 Å². The number of pyridine rings is 1. The Balaban J connectivity index is 2.10. The number of aromatic nitrogens is 1. The minimum absolute atomic E-state index is 0.280. The molecule has 0 unspecified atom stereocenters. The highest BCUT2D eigenvalue weighted by Crippen LogP contribution is 2.25. The van der Waals surface area contributed by atoms with E-state index < -0.39 is 0 Å². The normalized spacial score (nSPS) is 10.3. The molecule has 0 saturated carbocycles.